The highest BCUT2D eigenvalue weighted by atomic mass is 35.5. The Balaban J connectivity index is 1.98. The van der Waals surface area contributed by atoms with Crippen LogP contribution in [0.2, 0.25) is 0 Å². The SMILES string of the molecule is O=C(NC1CCC(Cl)CC1)c1c[nH]ccc1=O. The van der Waals surface area contributed by atoms with Gasteiger partial charge < -0.3 is 10.3 Å². The molecule has 1 fully saturated rings. The first-order chi connectivity index (χ1) is 8.16. The van der Waals surface area contributed by atoms with E-state index in [0.29, 0.717) is 0 Å². The van der Waals surface area contributed by atoms with E-state index in [4.69, 9.17) is 11.6 Å². The Hall–Kier alpha value is -1.29. The average molecular weight is 255 g/mol. The van der Waals surface area contributed by atoms with E-state index in [9.17, 15) is 9.59 Å². The monoisotopic (exact) mass is 254 g/mol. The fourth-order valence-corrected chi connectivity index (χ4v) is 2.31. The minimum absolute atomic E-state index is 0.136. The van der Waals surface area contributed by atoms with Crippen molar-refractivity contribution in [3.63, 3.8) is 0 Å². The van der Waals surface area contributed by atoms with Crippen LogP contribution in [0.15, 0.2) is 23.3 Å². The summed E-state index contributed by atoms with van der Waals surface area (Å²) in [5.74, 6) is -0.301. The highest BCUT2D eigenvalue weighted by molar-refractivity contribution is 6.20. The summed E-state index contributed by atoms with van der Waals surface area (Å²) >= 11 is 5.99. The normalized spacial score (nSPS) is 24.3. The van der Waals surface area contributed by atoms with Crippen LogP contribution >= 0.6 is 11.6 Å². The molecule has 0 atom stereocenters. The molecule has 1 saturated carbocycles. The van der Waals surface area contributed by atoms with E-state index in [1.54, 1.807) is 0 Å². The van der Waals surface area contributed by atoms with Crippen LogP contribution in [0.3, 0.4) is 0 Å². The van der Waals surface area contributed by atoms with Crippen LogP contribution in [0.25, 0.3) is 0 Å². The van der Waals surface area contributed by atoms with Gasteiger partial charge in [-0.05, 0) is 25.7 Å². The Kier molecular flexibility index (Phi) is 3.84. The second-order valence-corrected chi connectivity index (χ2v) is 4.96. The summed E-state index contributed by atoms with van der Waals surface area (Å²) in [7, 11) is 0. The van der Waals surface area contributed by atoms with Crippen LogP contribution < -0.4 is 10.7 Å². The molecule has 1 heterocycles. The summed E-state index contributed by atoms with van der Waals surface area (Å²) in [5, 5.41) is 3.10. The van der Waals surface area contributed by atoms with Gasteiger partial charge in [-0.15, -0.1) is 11.6 Å². The molecule has 0 saturated heterocycles. The zero-order valence-corrected chi connectivity index (χ0v) is 10.2. The number of halogens is 1. The first-order valence-corrected chi connectivity index (χ1v) is 6.22. The fraction of sp³-hybridized carbons (Fsp3) is 0.500. The Morgan fingerprint density at radius 1 is 1.35 bits per heavy atom. The smallest absolute Gasteiger partial charge is 0.256 e. The molecule has 2 rings (SSSR count). The van der Waals surface area contributed by atoms with Gasteiger partial charge in [-0.25, -0.2) is 0 Å². The maximum absolute atomic E-state index is 11.9. The van der Waals surface area contributed by atoms with Crippen molar-refractivity contribution in [3.05, 3.63) is 34.2 Å². The molecule has 2 N–H and O–H groups in total. The predicted octanol–water partition coefficient (Wildman–Crippen LogP) is 1.65. The Labute approximate surface area is 104 Å². The standard InChI is InChI=1S/C12H15ClN2O2/c13-8-1-3-9(4-2-8)15-12(17)10-7-14-6-5-11(10)16/h5-9H,1-4H2,(H,14,16)(H,15,17). The van der Waals surface area contributed by atoms with Gasteiger partial charge in [-0.1, -0.05) is 0 Å². The molecule has 0 spiro atoms. The Morgan fingerprint density at radius 2 is 2.06 bits per heavy atom. The number of carbonyl (C=O) groups is 1. The number of amides is 1. The molecule has 1 amide bonds. The molecule has 0 aromatic carbocycles. The quantitative estimate of drug-likeness (QED) is 0.789. The van der Waals surface area contributed by atoms with E-state index in [2.05, 4.69) is 10.3 Å². The van der Waals surface area contributed by atoms with Crippen LogP contribution in [0, 0.1) is 0 Å². The van der Waals surface area contributed by atoms with E-state index < -0.39 is 0 Å². The summed E-state index contributed by atoms with van der Waals surface area (Å²) in [4.78, 5) is 26.0. The lowest BCUT2D eigenvalue weighted by atomic mass is 9.95. The zero-order chi connectivity index (χ0) is 12.3. The van der Waals surface area contributed by atoms with Gasteiger partial charge >= 0.3 is 0 Å². The lowest BCUT2D eigenvalue weighted by Gasteiger charge is -2.25. The minimum Gasteiger partial charge on any atom is -0.367 e. The summed E-state index contributed by atoms with van der Waals surface area (Å²) in [6.07, 6.45) is 6.53. The van der Waals surface area contributed by atoms with Crippen molar-refractivity contribution in [2.75, 3.05) is 0 Å². The van der Waals surface area contributed by atoms with E-state index in [-0.39, 0.29) is 28.3 Å². The number of alkyl halides is 1. The first kappa shape index (κ1) is 12.2. The summed E-state index contributed by atoms with van der Waals surface area (Å²) in [5.41, 5.74) is -0.0900. The van der Waals surface area contributed by atoms with Gasteiger partial charge in [0.15, 0.2) is 5.43 Å². The molecule has 0 unspecified atom stereocenters. The van der Waals surface area contributed by atoms with E-state index >= 15 is 0 Å². The second kappa shape index (κ2) is 5.36. The molecule has 17 heavy (non-hydrogen) atoms. The second-order valence-electron chi connectivity index (χ2n) is 4.34. The van der Waals surface area contributed by atoms with Gasteiger partial charge in [0.05, 0.1) is 0 Å². The third-order valence-electron chi connectivity index (χ3n) is 3.06. The van der Waals surface area contributed by atoms with Crippen molar-refractivity contribution >= 4 is 17.5 Å². The summed E-state index contributed by atoms with van der Waals surface area (Å²) in [6, 6.07) is 1.49. The molecule has 1 aromatic rings. The van der Waals surface area contributed by atoms with Crippen LogP contribution in [-0.2, 0) is 0 Å². The third kappa shape index (κ3) is 3.09. The summed E-state index contributed by atoms with van der Waals surface area (Å²) < 4.78 is 0. The average Bonchev–Trinajstić information content (AvgIpc) is 2.32. The van der Waals surface area contributed by atoms with Gasteiger partial charge in [-0.3, -0.25) is 9.59 Å². The molecule has 1 aliphatic rings. The lowest BCUT2D eigenvalue weighted by Crippen LogP contribution is -2.39. The molecule has 92 valence electrons. The lowest BCUT2D eigenvalue weighted by molar-refractivity contribution is 0.0926. The van der Waals surface area contributed by atoms with Gasteiger partial charge in [0.2, 0.25) is 0 Å². The third-order valence-corrected chi connectivity index (χ3v) is 3.50. The van der Waals surface area contributed by atoms with Crippen molar-refractivity contribution in [3.8, 4) is 0 Å². The van der Waals surface area contributed by atoms with Crippen molar-refractivity contribution in [2.45, 2.75) is 37.1 Å². The maximum atomic E-state index is 11.9. The van der Waals surface area contributed by atoms with Crippen molar-refractivity contribution < 1.29 is 4.79 Å². The number of H-pyrrole nitrogens is 1. The fourth-order valence-electron chi connectivity index (χ4n) is 2.05. The largest absolute Gasteiger partial charge is 0.367 e. The number of aromatic amines is 1. The van der Waals surface area contributed by atoms with Crippen LogP contribution in [0.1, 0.15) is 36.0 Å². The van der Waals surface area contributed by atoms with Crippen LogP contribution in [0.5, 0.6) is 0 Å². The molecular weight excluding hydrogens is 240 g/mol. The number of pyridine rings is 1. The van der Waals surface area contributed by atoms with E-state index in [0.717, 1.165) is 25.7 Å². The number of aromatic nitrogens is 1. The number of carbonyl (C=O) groups excluding carboxylic acids is 1. The van der Waals surface area contributed by atoms with Crippen molar-refractivity contribution in [2.24, 2.45) is 0 Å². The van der Waals surface area contributed by atoms with Gasteiger partial charge in [-0.2, -0.15) is 0 Å². The Bertz CT molecular complexity index is 450. The molecular formula is C12H15ClN2O2. The highest BCUT2D eigenvalue weighted by Gasteiger charge is 2.21. The molecule has 4 nitrogen and oxygen atoms in total. The minimum atomic E-state index is -0.301. The highest BCUT2D eigenvalue weighted by Crippen LogP contribution is 2.22. The van der Waals surface area contributed by atoms with Gasteiger partial charge in [0.1, 0.15) is 5.56 Å². The van der Waals surface area contributed by atoms with E-state index in [1.807, 2.05) is 0 Å². The molecule has 0 radical (unpaired) electrons. The molecule has 0 aliphatic heterocycles. The number of hydrogen-bond acceptors (Lipinski definition) is 2. The molecule has 1 aromatic heterocycles. The molecule has 1 aliphatic carbocycles. The maximum Gasteiger partial charge on any atom is 0.256 e. The molecule has 0 bridgehead atoms. The van der Waals surface area contributed by atoms with Crippen LogP contribution in [-0.4, -0.2) is 22.3 Å². The number of rotatable bonds is 2. The van der Waals surface area contributed by atoms with Crippen molar-refractivity contribution in [1.29, 1.82) is 0 Å². The molecule has 5 heteroatoms. The number of hydrogen-bond donors (Lipinski definition) is 2. The predicted molar refractivity (Wildman–Crippen MR) is 66.4 cm³/mol. The van der Waals surface area contributed by atoms with E-state index in [1.165, 1.54) is 18.5 Å². The topological polar surface area (TPSA) is 62.0 Å². The van der Waals surface area contributed by atoms with Gasteiger partial charge in [0.25, 0.3) is 5.91 Å². The zero-order valence-electron chi connectivity index (χ0n) is 9.41. The first-order valence-electron chi connectivity index (χ1n) is 5.79. The Morgan fingerprint density at radius 3 is 2.71 bits per heavy atom. The number of nitrogens with one attached hydrogen (secondary N) is 2. The van der Waals surface area contributed by atoms with Gasteiger partial charge in [0, 0.05) is 29.9 Å². The summed E-state index contributed by atoms with van der Waals surface area (Å²) in [6.45, 7) is 0. The van der Waals surface area contributed by atoms with Crippen molar-refractivity contribution in [1.82, 2.24) is 10.3 Å². The van der Waals surface area contributed by atoms with Crippen LogP contribution in [0.4, 0.5) is 0 Å².